The number of carbonyl (C=O) groups excluding carboxylic acids is 2. The average Bonchev–Trinajstić information content (AvgIpc) is 3.93. The van der Waals surface area contributed by atoms with E-state index in [-0.39, 0.29) is 56.6 Å². The number of aromatic amines is 2. The molecule has 1 radical (unpaired) electrons. The molecular weight excluding hydrogens is 661 g/mol. The second kappa shape index (κ2) is 20.1. The van der Waals surface area contributed by atoms with Gasteiger partial charge >= 0.3 is 0 Å². The molecule has 2 atom stereocenters. The monoisotopic (exact) mass is 711 g/mol. The summed E-state index contributed by atoms with van der Waals surface area (Å²) >= 11 is 0. The summed E-state index contributed by atoms with van der Waals surface area (Å²) in [4.78, 5) is 43.7. The number of imidazole rings is 2. The van der Waals surface area contributed by atoms with Crippen molar-refractivity contribution in [3.8, 4) is 22.5 Å². The van der Waals surface area contributed by atoms with Crippen LogP contribution in [0.25, 0.3) is 28.6 Å². The van der Waals surface area contributed by atoms with Crippen LogP contribution in [-0.2, 0) is 42.3 Å². The molecule has 2 aromatic heterocycles. The van der Waals surface area contributed by atoms with Gasteiger partial charge in [-0.05, 0) is 31.2 Å². The van der Waals surface area contributed by atoms with Crippen molar-refractivity contribution in [3.05, 3.63) is 89.8 Å². The van der Waals surface area contributed by atoms with Gasteiger partial charge in [-0.2, -0.15) is 29.8 Å². The zero-order valence-electron chi connectivity index (χ0n) is 29.4. The first kappa shape index (κ1) is 39.8. The van der Waals surface area contributed by atoms with Crippen LogP contribution >= 0.6 is 0 Å². The fraction of sp³-hybridized carbons (Fsp3) is 0.421. The van der Waals surface area contributed by atoms with E-state index in [9.17, 15) is 9.59 Å². The van der Waals surface area contributed by atoms with Gasteiger partial charge in [-0.25, -0.2) is 21.6 Å². The largest absolute Gasteiger partial charge is 0.342 e. The Balaban J connectivity index is 0.00000104. The summed E-state index contributed by atoms with van der Waals surface area (Å²) in [6.07, 6.45) is 12.8. The Morgan fingerprint density at radius 3 is 1.77 bits per heavy atom. The molecular formula is C38H50N6O2Y-2. The molecule has 0 bridgehead atoms. The molecule has 2 N–H and O–H groups in total. The smallest absolute Gasteiger partial charge is 0.220 e. The van der Waals surface area contributed by atoms with E-state index in [1.54, 1.807) is 13.8 Å². The molecule has 47 heavy (non-hydrogen) atoms. The summed E-state index contributed by atoms with van der Waals surface area (Å²) in [6, 6.07) is 17.4. The van der Waals surface area contributed by atoms with Crippen LogP contribution in [0, 0.1) is 12.1 Å². The Hall–Kier alpha value is -3.36. The number of H-pyrrole nitrogens is 2. The summed E-state index contributed by atoms with van der Waals surface area (Å²) < 4.78 is 0. The third-order valence-corrected chi connectivity index (χ3v) is 7.86. The summed E-state index contributed by atoms with van der Waals surface area (Å²) in [5.74, 6) is 1.86. The first-order valence-corrected chi connectivity index (χ1v) is 16.8. The molecule has 2 aromatic carbocycles. The summed E-state index contributed by atoms with van der Waals surface area (Å²) in [5, 5.41) is 0. The van der Waals surface area contributed by atoms with E-state index in [0.717, 1.165) is 84.1 Å². The minimum atomic E-state index is 0. The second-order valence-corrected chi connectivity index (χ2v) is 10.5. The zero-order chi connectivity index (χ0) is 33.6. The number of nitrogens with zero attached hydrogens (tertiary/aromatic N) is 4. The quantitative estimate of drug-likeness (QED) is 0.155. The normalized spacial score (nSPS) is 16.7. The van der Waals surface area contributed by atoms with Crippen LogP contribution in [0.3, 0.4) is 0 Å². The zero-order valence-corrected chi connectivity index (χ0v) is 32.2. The average molecular weight is 712 g/mol. The van der Waals surface area contributed by atoms with Crippen LogP contribution < -0.4 is 0 Å². The maximum absolute atomic E-state index is 12.0. The fourth-order valence-electron chi connectivity index (χ4n) is 5.80. The topological polar surface area (TPSA) is 98.0 Å². The number of amides is 2. The minimum absolute atomic E-state index is 0. The van der Waals surface area contributed by atoms with Crippen molar-refractivity contribution in [2.75, 3.05) is 13.1 Å². The van der Waals surface area contributed by atoms with Crippen molar-refractivity contribution in [2.45, 2.75) is 93.2 Å². The Bertz CT molecular complexity index is 1560. The van der Waals surface area contributed by atoms with Gasteiger partial charge in [-0.15, -0.1) is 18.2 Å². The Kier molecular flexibility index (Phi) is 17.0. The van der Waals surface area contributed by atoms with E-state index in [1.807, 2.05) is 106 Å². The number of nitrogens with one attached hydrogen (secondary N) is 2. The molecule has 2 fully saturated rings. The molecule has 2 unspecified atom stereocenters. The molecule has 2 aliphatic rings. The van der Waals surface area contributed by atoms with Crippen LogP contribution in [0.5, 0.6) is 0 Å². The van der Waals surface area contributed by atoms with E-state index in [1.165, 1.54) is 0 Å². The molecule has 249 valence electrons. The number of hydrogen-bond acceptors (Lipinski definition) is 4. The van der Waals surface area contributed by atoms with Gasteiger partial charge in [-0.3, -0.25) is 9.59 Å². The van der Waals surface area contributed by atoms with Gasteiger partial charge in [0.25, 0.3) is 0 Å². The van der Waals surface area contributed by atoms with Crippen LogP contribution in [0.4, 0.5) is 0 Å². The molecule has 2 aliphatic heterocycles. The Morgan fingerprint density at radius 2 is 1.28 bits per heavy atom. The molecule has 0 spiro atoms. The molecule has 4 heterocycles. The van der Waals surface area contributed by atoms with Crippen molar-refractivity contribution < 1.29 is 42.3 Å². The number of rotatable bonds is 6. The van der Waals surface area contributed by atoms with Crippen molar-refractivity contribution >= 4 is 17.9 Å². The second-order valence-electron chi connectivity index (χ2n) is 10.5. The molecule has 4 aromatic rings. The van der Waals surface area contributed by atoms with E-state index >= 15 is 0 Å². The van der Waals surface area contributed by atoms with Crippen molar-refractivity contribution in [1.82, 2.24) is 29.7 Å². The summed E-state index contributed by atoms with van der Waals surface area (Å²) in [5.41, 5.74) is 5.76. The van der Waals surface area contributed by atoms with Gasteiger partial charge in [0.1, 0.15) is 11.6 Å². The van der Waals surface area contributed by atoms with Crippen LogP contribution in [0.1, 0.15) is 116 Å². The summed E-state index contributed by atoms with van der Waals surface area (Å²) in [7, 11) is 0. The maximum Gasteiger partial charge on any atom is 0.220 e. The first-order chi connectivity index (χ1) is 22.5. The Morgan fingerprint density at radius 1 is 0.787 bits per heavy atom. The van der Waals surface area contributed by atoms with Gasteiger partial charge in [0.05, 0.1) is 30.2 Å². The Labute approximate surface area is 306 Å². The van der Waals surface area contributed by atoms with Crippen LogP contribution in [0.2, 0.25) is 0 Å². The molecule has 2 amide bonds. The van der Waals surface area contributed by atoms with Crippen molar-refractivity contribution in [3.63, 3.8) is 0 Å². The van der Waals surface area contributed by atoms with E-state index in [4.69, 9.17) is 0 Å². The molecule has 0 aliphatic carbocycles. The van der Waals surface area contributed by atoms with Crippen molar-refractivity contribution in [1.29, 1.82) is 0 Å². The first-order valence-electron chi connectivity index (χ1n) is 16.8. The third-order valence-electron chi connectivity index (χ3n) is 7.86. The minimum Gasteiger partial charge on any atom is -0.342 e. The van der Waals surface area contributed by atoms with E-state index in [0.29, 0.717) is 0 Å². The molecule has 6 rings (SSSR count). The number of aromatic nitrogens is 4. The van der Waals surface area contributed by atoms with E-state index < -0.39 is 0 Å². The standard InChI is InChI=1S/C32H32N6O2.3C2H6.Y/c1-21(39)37-16-4-8-29(37)31-33-19-27(35-31)25-14-12-23(13-15-25)10-11-24-6-3-7-26(18-24)28-20-34-32(36-28)30-9-5-17-38(30)22(2)40;3*1-2;/h3,7,11-15,18-20,29-30H,4-5,8-9,16-17H2,1-2H3,(H,33,35)(H,34,36);3*1-2H3;/q-2;;;;. The van der Waals surface area contributed by atoms with Crippen molar-refractivity contribution in [2.24, 2.45) is 0 Å². The van der Waals surface area contributed by atoms with Crippen LogP contribution in [0.15, 0.2) is 54.9 Å². The number of carbonyl (C=O) groups is 2. The number of benzene rings is 2. The van der Waals surface area contributed by atoms with Gasteiger partial charge in [-0.1, -0.05) is 59.2 Å². The summed E-state index contributed by atoms with van der Waals surface area (Å²) in [6.45, 7) is 16.8. The molecule has 0 saturated carbocycles. The van der Waals surface area contributed by atoms with Gasteiger partial charge in [0.2, 0.25) is 11.8 Å². The number of hydrogen-bond donors (Lipinski definition) is 2. The predicted octanol–water partition coefficient (Wildman–Crippen LogP) is 8.57. The molecule has 8 nitrogen and oxygen atoms in total. The van der Waals surface area contributed by atoms with Gasteiger partial charge in [0.15, 0.2) is 0 Å². The molecule has 2 saturated heterocycles. The molecule has 9 heteroatoms. The SMILES string of the molecule is CC.CC.CC.CC(=O)N1CCCC1c1ncc(-c2ccc([C-]=Cc3[c-]ccc(-c4cnc(C5CCCN5C(C)=O)[nH]4)c3)cc2)[nH]1.[Y]. The fourth-order valence-corrected chi connectivity index (χ4v) is 5.80. The maximum atomic E-state index is 12.0. The predicted molar refractivity (Wildman–Crippen MR) is 186 cm³/mol. The third kappa shape index (κ3) is 10.1. The number of likely N-dealkylation sites (tertiary alicyclic amines) is 2. The van der Waals surface area contributed by atoms with Gasteiger partial charge < -0.3 is 19.8 Å². The van der Waals surface area contributed by atoms with Gasteiger partial charge in [0, 0.05) is 65.3 Å². The van der Waals surface area contributed by atoms with E-state index in [2.05, 4.69) is 38.1 Å². The van der Waals surface area contributed by atoms with Crippen LogP contribution in [-0.4, -0.2) is 54.6 Å².